The Balaban J connectivity index is 1.55. The molecule has 0 unspecified atom stereocenters. The normalized spacial score (nSPS) is 10.9. The highest BCUT2D eigenvalue weighted by Crippen LogP contribution is 2.25. The highest BCUT2D eigenvalue weighted by Gasteiger charge is 2.14. The summed E-state index contributed by atoms with van der Waals surface area (Å²) in [5, 5.41) is 4.59. The lowest BCUT2D eigenvalue weighted by molar-refractivity contribution is 0.0925. The van der Waals surface area contributed by atoms with Crippen LogP contribution < -0.4 is 14.8 Å². The fourth-order valence-electron chi connectivity index (χ4n) is 2.86. The first-order chi connectivity index (χ1) is 13.2. The summed E-state index contributed by atoms with van der Waals surface area (Å²) >= 11 is 0. The van der Waals surface area contributed by atoms with Crippen molar-refractivity contribution in [2.24, 2.45) is 0 Å². The van der Waals surface area contributed by atoms with Crippen molar-refractivity contribution < 1.29 is 18.7 Å². The Morgan fingerprint density at radius 2 is 1.70 bits per heavy atom. The van der Waals surface area contributed by atoms with Gasteiger partial charge >= 0.3 is 0 Å². The average Bonchev–Trinajstić information content (AvgIpc) is 3.13. The Bertz CT molecular complexity index is 1120. The van der Waals surface area contributed by atoms with Gasteiger partial charge in [0.25, 0.3) is 5.91 Å². The lowest BCUT2D eigenvalue weighted by atomic mass is 10.2. The number of aromatic nitrogens is 1. The van der Waals surface area contributed by atoms with Crippen LogP contribution in [0.5, 0.6) is 11.5 Å². The summed E-state index contributed by atoms with van der Waals surface area (Å²) in [6, 6.07) is 16.8. The Morgan fingerprint density at radius 3 is 2.44 bits per heavy atom. The van der Waals surface area contributed by atoms with Crippen LogP contribution in [0.25, 0.3) is 22.0 Å². The van der Waals surface area contributed by atoms with Gasteiger partial charge in [-0.2, -0.15) is 0 Å². The molecular weight excluding hydrogens is 344 g/mol. The van der Waals surface area contributed by atoms with Crippen molar-refractivity contribution in [2.75, 3.05) is 14.2 Å². The molecule has 0 aliphatic heterocycles. The van der Waals surface area contributed by atoms with E-state index in [1.165, 1.54) is 0 Å². The van der Waals surface area contributed by atoms with E-state index in [0.717, 1.165) is 33.4 Å². The standard InChI is InChI=1S/C21H18N2O4/c1-25-16-6-3-13(4-7-16)12-22-20(24)19-10-15-9-14-5-8-17(26-2)11-18(14)23-21(15)27-19/h3-11H,12H2,1-2H3,(H,22,24). The summed E-state index contributed by atoms with van der Waals surface area (Å²) in [6.07, 6.45) is 0. The van der Waals surface area contributed by atoms with Crippen LogP contribution in [0, 0.1) is 0 Å². The maximum absolute atomic E-state index is 12.4. The van der Waals surface area contributed by atoms with Crippen molar-refractivity contribution in [3.8, 4) is 11.5 Å². The highest BCUT2D eigenvalue weighted by atomic mass is 16.5. The third-order valence-electron chi connectivity index (χ3n) is 4.35. The Morgan fingerprint density at radius 1 is 0.963 bits per heavy atom. The van der Waals surface area contributed by atoms with Crippen molar-refractivity contribution in [2.45, 2.75) is 6.54 Å². The molecule has 4 aromatic rings. The van der Waals surface area contributed by atoms with Gasteiger partial charge in [-0.05, 0) is 42.0 Å². The predicted molar refractivity (Wildman–Crippen MR) is 102 cm³/mol. The lowest BCUT2D eigenvalue weighted by Gasteiger charge is -2.04. The Hall–Kier alpha value is -3.54. The SMILES string of the molecule is COc1ccc(CNC(=O)c2cc3cc4ccc(OC)cc4nc3o2)cc1. The van der Waals surface area contributed by atoms with Gasteiger partial charge in [-0.15, -0.1) is 0 Å². The zero-order valence-electron chi connectivity index (χ0n) is 15.0. The zero-order valence-corrected chi connectivity index (χ0v) is 15.0. The number of amides is 1. The molecule has 0 saturated carbocycles. The number of hydrogen-bond donors (Lipinski definition) is 1. The molecule has 6 nitrogen and oxygen atoms in total. The molecule has 0 saturated heterocycles. The molecule has 0 aliphatic carbocycles. The average molecular weight is 362 g/mol. The largest absolute Gasteiger partial charge is 0.497 e. The van der Waals surface area contributed by atoms with E-state index in [4.69, 9.17) is 13.9 Å². The van der Waals surface area contributed by atoms with Gasteiger partial charge < -0.3 is 19.2 Å². The minimum atomic E-state index is -0.287. The van der Waals surface area contributed by atoms with E-state index >= 15 is 0 Å². The molecular formula is C21H18N2O4. The number of fused-ring (bicyclic) bond motifs is 2. The fraction of sp³-hybridized carbons (Fsp3) is 0.143. The van der Waals surface area contributed by atoms with Gasteiger partial charge in [0.2, 0.25) is 5.71 Å². The molecule has 0 spiro atoms. The summed E-state index contributed by atoms with van der Waals surface area (Å²) in [4.78, 5) is 16.9. The first-order valence-corrected chi connectivity index (χ1v) is 8.46. The molecule has 0 aliphatic rings. The molecule has 6 heteroatoms. The van der Waals surface area contributed by atoms with Gasteiger partial charge in [-0.3, -0.25) is 4.79 Å². The molecule has 1 N–H and O–H groups in total. The number of ether oxygens (including phenoxy) is 2. The van der Waals surface area contributed by atoms with Crippen LogP contribution in [-0.4, -0.2) is 25.1 Å². The lowest BCUT2D eigenvalue weighted by Crippen LogP contribution is -2.22. The minimum absolute atomic E-state index is 0.230. The number of nitrogens with zero attached hydrogens (tertiary/aromatic N) is 1. The minimum Gasteiger partial charge on any atom is -0.497 e. The smallest absolute Gasteiger partial charge is 0.287 e. The summed E-state index contributed by atoms with van der Waals surface area (Å²) in [5.41, 5.74) is 2.14. The third kappa shape index (κ3) is 3.42. The van der Waals surface area contributed by atoms with Gasteiger partial charge in [-0.1, -0.05) is 12.1 Å². The van der Waals surface area contributed by atoms with Gasteiger partial charge in [-0.25, -0.2) is 4.98 Å². The second-order valence-electron chi connectivity index (χ2n) is 6.08. The molecule has 2 aromatic carbocycles. The van der Waals surface area contributed by atoms with Crippen LogP contribution >= 0.6 is 0 Å². The van der Waals surface area contributed by atoms with Crippen LogP contribution in [0.15, 0.2) is 59.0 Å². The van der Waals surface area contributed by atoms with Gasteiger partial charge in [0.05, 0.1) is 19.7 Å². The number of methoxy groups -OCH3 is 2. The Labute approximate surface area is 155 Å². The van der Waals surface area contributed by atoms with Crippen LogP contribution in [-0.2, 0) is 6.54 Å². The van der Waals surface area contributed by atoms with Crippen molar-refractivity contribution >= 4 is 27.9 Å². The maximum atomic E-state index is 12.4. The molecule has 27 heavy (non-hydrogen) atoms. The van der Waals surface area contributed by atoms with Crippen LogP contribution in [0.1, 0.15) is 16.1 Å². The molecule has 2 heterocycles. The second kappa shape index (κ2) is 6.99. The quantitative estimate of drug-likeness (QED) is 0.582. The number of rotatable bonds is 5. The van der Waals surface area contributed by atoms with E-state index in [1.807, 2.05) is 48.5 Å². The topological polar surface area (TPSA) is 73.6 Å². The number of benzene rings is 2. The number of carbonyl (C=O) groups excluding carboxylic acids is 1. The van der Waals surface area contributed by atoms with Gasteiger partial charge in [0.1, 0.15) is 11.5 Å². The van der Waals surface area contributed by atoms with E-state index in [1.54, 1.807) is 20.3 Å². The Kier molecular flexibility index (Phi) is 4.38. The number of nitrogens with one attached hydrogen (secondary N) is 1. The molecule has 1 amide bonds. The summed E-state index contributed by atoms with van der Waals surface area (Å²) in [7, 11) is 3.23. The number of pyridine rings is 1. The van der Waals surface area contributed by atoms with Crippen molar-refractivity contribution in [1.82, 2.24) is 10.3 Å². The molecule has 136 valence electrons. The maximum Gasteiger partial charge on any atom is 0.287 e. The van der Waals surface area contributed by atoms with E-state index < -0.39 is 0 Å². The molecule has 0 radical (unpaired) electrons. The summed E-state index contributed by atoms with van der Waals surface area (Å²) in [6.45, 7) is 0.395. The van der Waals surface area contributed by atoms with E-state index in [-0.39, 0.29) is 11.7 Å². The molecule has 0 bridgehead atoms. The summed E-state index contributed by atoms with van der Waals surface area (Å²) in [5.74, 6) is 1.44. The number of furan rings is 1. The predicted octanol–water partition coefficient (Wildman–Crippen LogP) is 3.93. The third-order valence-corrected chi connectivity index (χ3v) is 4.35. The van der Waals surface area contributed by atoms with Crippen molar-refractivity contribution in [3.63, 3.8) is 0 Å². The van der Waals surface area contributed by atoms with E-state index in [0.29, 0.717) is 12.3 Å². The van der Waals surface area contributed by atoms with Crippen LogP contribution in [0.3, 0.4) is 0 Å². The van der Waals surface area contributed by atoms with Crippen LogP contribution in [0.4, 0.5) is 0 Å². The number of carbonyl (C=O) groups is 1. The summed E-state index contributed by atoms with van der Waals surface area (Å²) < 4.78 is 16.0. The fourth-order valence-corrected chi connectivity index (χ4v) is 2.86. The second-order valence-corrected chi connectivity index (χ2v) is 6.08. The monoisotopic (exact) mass is 362 g/mol. The van der Waals surface area contributed by atoms with Crippen LogP contribution in [0.2, 0.25) is 0 Å². The van der Waals surface area contributed by atoms with E-state index in [2.05, 4.69) is 10.3 Å². The first kappa shape index (κ1) is 16.9. The van der Waals surface area contributed by atoms with Gasteiger partial charge in [0, 0.05) is 23.4 Å². The first-order valence-electron chi connectivity index (χ1n) is 8.46. The van der Waals surface area contributed by atoms with Crippen molar-refractivity contribution in [3.05, 3.63) is 65.9 Å². The van der Waals surface area contributed by atoms with Gasteiger partial charge in [0.15, 0.2) is 5.76 Å². The van der Waals surface area contributed by atoms with E-state index in [9.17, 15) is 4.79 Å². The highest BCUT2D eigenvalue weighted by molar-refractivity contribution is 5.98. The molecule has 0 fully saturated rings. The zero-order chi connectivity index (χ0) is 18.8. The van der Waals surface area contributed by atoms with Crippen molar-refractivity contribution in [1.29, 1.82) is 0 Å². The molecule has 4 rings (SSSR count). The molecule has 2 aromatic heterocycles. The number of hydrogen-bond acceptors (Lipinski definition) is 5. The molecule has 0 atom stereocenters.